The number of alkyl halides is 6. The zero-order chi connectivity index (χ0) is 24.8. The van der Waals surface area contributed by atoms with E-state index >= 15 is 0 Å². The Bertz CT molecular complexity index is 1030. The highest BCUT2D eigenvalue weighted by atomic mass is 19.4. The van der Waals surface area contributed by atoms with Crippen molar-refractivity contribution in [3.05, 3.63) is 70.3 Å². The summed E-state index contributed by atoms with van der Waals surface area (Å²) >= 11 is 0. The predicted molar refractivity (Wildman–Crippen MR) is 102 cm³/mol. The van der Waals surface area contributed by atoms with Crippen LogP contribution in [0.2, 0.25) is 0 Å². The lowest BCUT2D eigenvalue weighted by Gasteiger charge is -2.14. The van der Waals surface area contributed by atoms with Crippen molar-refractivity contribution in [3.8, 4) is 0 Å². The second-order valence-electron chi connectivity index (χ2n) is 6.25. The fourth-order valence-electron chi connectivity index (χ4n) is 2.62. The molecule has 13 heteroatoms. The van der Waals surface area contributed by atoms with E-state index in [9.17, 15) is 36.2 Å². The van der Waals surface area contributed by atoms with Gasteiger partial charge in [-0.1, -0.05) is 29.4 Å². The molecule has 0 atom stereocenters. The number of benzene rings is 2. The zero-order valence-electron chi connectivity index (χ0n) is 17.0. The van der Waals surface area contributed by atoms with Crippen LogP contribution in [0.3, 0.4) is 0 Å². The fraction of sp³-hybridized carbons (Fsp3) is 0.250. The van der Waals surface area contributed by atoms with E-state index in [1.807, 2.05) is 0 Å². The molecule has 2 aromatic rings. The van der Waals surface area contributed by atoms with Crippen LogP contribution >= 0.6 is 0 Å². The van der Waals surface area contributed by atoms with Crippen molar-refractivity contribution in [2.45, 2.75) is 19.0 Å². The van der Waals surface area contributed by atoms with Gasteiger partial charge in [0.2, 0.25) is 0 Å². The number of methoxy groups -OCH3 is 1. The number of carboxylic acids is 1. The van der Waals surface area contributed by atoms with Crippen molar-refractivity contribution in [1.82, 2.24) is 0 Å². The molecule has 0 saturated heterocycles. The van der Waals surface area contributed by atoms with E-state index in [0.29, 0.717) is 12.1 Å². The molecule has 0 aliphatic heterocycles. The molecule has 0 radical (unpaired) electrons. The van der Waals surface area contributed by atoms with Crippen molar-refractivity contribution in [1.29, 1.82) is 0 Å². The maximum atomic E-state index is 13.1. The van der Waals surface area contributed by atoms with Crippen molar-refractivity contribution < 1.29 is 50.7 Å². The third-order valence-electron chi connectivity index (χ3n) is 4.05. The Morgan fingerprint density at radius 3 is 2.00 bits per heavy atom. The number of hydrogen-bond acceptors (Lipinski definition) is 6. The Morgan fingerprint density at radius 1 is 0.939 bits per heavy atom. The number of halogens is 6. The summed E-state index contributed by atoms with van der Waals surface area (Å²) in [5.74, 6) is -2.07. The van der Waals surface area contributed by atoms with Crippen LogP contribution in [-0.4, -0.2) is 36.9 Å². The lowest BCUT2D eigenvalue weighted by Crippen LogP contribution is -2.17. The Hall–Kier alpha value is -3.77. The quantitative estimate of drug-likeness (QED) is 0.270. The minimum Gasteiger partial charge on any atom is -0.479 e. The van der Waals surface area contributed by atoms with Gasteiger partial charge in [-0.05, 0) is 23.4 Å². The maximum absolute atomic E-state index is 13.1. The van der Waals surface area contributed by atoms with Crippen molar-refractivity contribution in [2.24, 2.45) is 10.3 Å². The summed E-state index contributed by atoms with van der Waals surface area (Å²) in [5.41, 5.74) is -3.84. The number of hydrogen-bond donors (Lipinski definition) is 1. The number of nitrogens with zero attached hydrogens (tertiary/aromatic N) is 2. The molecule has 0 aliphatic carbocycles. The van der Waals surface area contributed by atoms with E-state index in [-0.39, 0.29) is 17.2 Å². The van der Waals surface area contributed by atoms with Gasteiger partial charge in [-0.15, -0.1) is 0 Å². The number of aliphatic carboxylic acids is 1. The van der Waals surface area contributed by atoms with Gasteiger partial charge in [0, 0.05) is 16.7 Å². The van der Waals surface area contributed by atoms with Crippen LogP contribution in [0, 0.1) is 0 Å². The first-order chi connectivity index (χ1) is 15.4. The summed E-state index contributed by atoms with van der Waals surface area (Å²) in [6, 6.07) is 6.74. The molecule has 0 unspecified atom stereocenters. The first kappa shape index (κ1) is 25.5. The summed E-state index contributed by atoms with van der Waals surface area (Å²) in [7, 11) is 2.12. The molecule has 33 heavy (non-hydrogen) atoms. The van der Waals surface area contributed by atoms with Gasteiger partial charge in [-0.2, -0.15) is 26.3 Å². The summed E-state index contributed by atoms with van der Waals surface area (Å²) < 4.78 is 83.3. The molecule has 0 spiro atoms. The van der Waals surface area contributed by atoms with Gasteiger partial charge in [-0.25, -0.2) is 4.79 Å². The van der Waals surface area contributed by atoms with Crippen molar-refractivity contribution in [3.63, 3.8) is 0 Å². The molecule has 0 fully saturated rings. The molecule has 7 nitrogen and oxygen atoms in total. The van der Waals surface area contributed by atoms with Crippen LogP contribution in [0.25, 0.3) is 0 Å². The summed E-state index contributed by atoms with van der Waals surface area (Å²) in [6.45, 7) is -0.413. The topological polar surface area (TPSA) is 89.7 Å². The molecule has 2 aromatic carbocycles. The van der Waals surface area contributed by atoms with Gasteiger partial charge in [-0.3, -0.25) is 0 Å². The number of carboxylic acid groups (broad SMARTS) is 1. The van der Waals surface area contributed by atoms with Crippen LogP contribution < -0.4 is 0 Å². The SMILES string of the molecule is CON=C(C(=O)O)c1ccccc1CON=C(OC)c1cc(C(F)(F)F)cc(C(F)(F)F)c1. The Morgan fingerprint density at radius 2 is 1.52 bits per heavy atom. The third kappa shape index (κ3) is 6.60. The minimum absolute atomic E-state index is 0.0313. The highest BCUT2D eigenvalue weighted by Gasteiger charge is 2.37. The average molecular weight is 478 g/mol. The number of carbonyl (C=O) groups is 1. The van der Waals surface area contributed by atoms with Crippen LogP contribution in [0.15, 0.2) is 52.8 Å². The minimum atomic E-state index is -5.05. The maximum Gasteiger partial charge on any atom is 0.416 e. The van der Waals surface area contributed by atoms with Gasteiger partial charge in [0.1, 0.15) is 13.7 Å². The van der Waals surface area contributed by atoms with Crippen molar-refractivity contribution >= 4 is 17.6 Å². The number of rotatable bonds is 7. The molecular formula is C20H16F6N2O5. The average Bonchev–Trinajstić information content (AvgIpc) is 2.73. The first-order valence-electron chi connectivity index (χ1n) is 8.85. The van der Waals surface area contributed by atoms with Gasteiger partial charge in [0.15, 0.2) is 5.71 Å². The number of oxime groups is 2. The van der Waals surface area contributed by atoms with E-state index in [1.54, 1.807) is 0 Å². The van der Waals surface area contributed by atoms with E-state index in [4.69, 9.17) is 9.57 Å². The molecule has 1 N–H and O–H groups in total. The molecule has 178 valence electrons. The summed E-state index contributed by atoms with van der Waals surface area (Å²) in [6.07, 6.45) is -10.1. The van der Waals surface area contributed by atoms with Crippen LogP contribution in [-0.2, 0) is 38.2 Å². The smallest absolute Gasteiger partial charge is 0.416 e. The van der Waals surface area contributed by atoms with E-state index in [2.05, 4.69) is 15.1 Å². The van der Waals surface area contributed by atoms with Crippen LogP contribution in [0.4, 0.5) is 26.3 Å². The lowest BCUT2D eigenvalue weighted by molar-refractivity contribution is -0.143. The second kappa shape index (κ2) is 10.2. The zero-order valence-corrected chi connectivity index (χ0v) is 17.0. The highest BCUT2D eigenvalue weighted by molar-refractivity contribution is 6.42. The standard InChI is InChI=1S/C20H16F6N2O5/c1-31-17(12-7-13(19(21,22)23)9-14(8-12)20(24,25)26)28-33-10-11-5-3-4-6-15(11)16(18(29)30)27-32-2/h3-9H,10H2,1-2H3,(H,29,30). The Labute approximate surface area is 182 Å². The second-order valence-corrected chi connectivity index (χ2v) is 6.25. The summed E-state index contributed by atoms with van der Waals surface area (Å²) in [5, 5.41) is 16.2. The molecule has 0 saturated carbocycles. The van der Waals surface area contributed by atoms with E-state index in [1.165, 1.54) is 24.3 Å². The van der Waals surface area contributed by atoms with Crippen LogP contribution in [0.1, 0.15) is 27.8 Å². The molecule has 0 aromatic heterocycles. The molecule has 0 amide bonds. The highest BCUT2D eigenvalue weighted by Crippen LogP contribution is 2.36. The fourth-order valence-corrected chi connectivity index (χ4v) is 2.62. The molecule has 0 bridgehead atoms. The predicted octanol–water partition coefficient (Wildman–Crippen LogP) is 4.68. The van der Waals surface area contributed by atoms with Gasteiger partial charge >= 0.3 is 18.3 Å². The molecule has 0 heterocycles. The normalized spacial score (nSPS) is 13.0. The van der Waals surface area contributed by atoms with Gasteiger partial charge in [0.25, 0.3) is 5.90 Å². The third-order valence-corrected chi connectivity index (χ3v) is 4.05. The van der Waals surface area contributed by atoms with Gasteiger partial charge in [0.05, 0.1) is 18.2 Å². The van der Waals surface area contributed by atoms with Gasteiger partial charge < -0.3 is 19.5 Å². The molecule has 0 aliphatic rings. The molecule has 2 rings (SSSR count). The Kier molecular flexibility index (Phi) is 7.90. The lowest BCUT2D eigenvalue weighted by atomic mass is 10.0. The van der Waals surface area contributed by atoms with Crippen molar-refractivity contribution in [2.75, 3.05) is 14.2 Å². The van der Waals surface area contributed by atoms with E-state index < -0.39 is 53.2 Å². The molecular weight excluding hydrogens is 462 g/mol. The largest absolute Gasteiger partial charge is 0.479 e. The van der Waals surface area contributed by atoms with Crippen LogP contribution in [0.5, 0.6) is 0 Å². The monoisotopic (exact) mass is 478 g/mol. The number of ether oxygens (including phenoxy) is 1. The summed E-state index contributed by atoms with van der Waals surface area (Å²) in [4.78, 5) is 20.9. The Balaban J connectivity index is 2.40. The first-order valence-corrected chi connectivity index (χ1v) is 8.85. The van der Waals surface area contributed by atoms with E-state index in [0.717, 1.165) is 14.2 Å².